The molecule has 1 unspecified atom stereocenters. The van der Waals surface area contributed by atoms with Gasteiger partial charge in [-0.1, -0.05) is 46.1 Å². The van der Waals surface area contributed by atoms with Gasteiger partial charge in [0, 0.05) is 6.08 Å². The fraction of sp³-hybridized carbons (Fsp3) is 0.800. The molecule has 0 bridgehead atoms. The standard InChI is InChI=1S/C15H28O2/c1-6-9-10-12-13(11-7-2)15(4,5)17-14(16)8-3/h8,13H,3,6-7,9-12H2,1-2,4-5H3. The summed E-state index contributed by atoms with van der Waals surface area (Å²) in [7, 11) is 0. The van der Waals surface area contributed by atoms with Gasteiger partial charge in [0.2, 0.25) is 0 Å². The quantitative estimate of drug-likeness (QED) is 0.337. The van der Waals surface area contributed by atoms with Crippen LogP contribution in [0, 0.1) is 5.92 Å². The van der Waals surface area contributed by atoms with Crippen LogP contribution in [0.25, 0.3) is 0 Å². The first-order valence-electron chi connectivity index (χ1n) is 6.83. The van der Waals surface area contributed by atoms with E-state index in [1.807, 2.05) is 13.8 Å². The molecule has 0 heterocycles. The van der Waals surface area contributed by atoms with Crippen LogP contribution in [0.15, 0.2) is 12.7 Å². The van der Waals surface area contributed by atoms with Crippen molar-refractivity contribution in [3.05, 3.63) is 12.7 Å². The third-order valence-corrected chi connectivity index (χ3v) is 3.31. The van der Waals surface area contributed by atoms with Crippen LogP contribution in [0.1, 0.15) is 66.2 Å². The summed E-state index contributed by atoms with van der Waals surface area (Å²) in [6, 6.07) is 0. The fourth-order valence-corrected chi connectivity index (χ4v) is 2.21. The minimum atomic E-state index is -0.380. The maximum Gasteiger partial charge on any atom is 0.330 e. The van der Waals surface area contributed by atoms with E-state index < -0.39 is 0 Å². The molecule has 0 spiro atoms. The van der Waals surface area contributed by atoms with Crippen LogP contribution < -0.4 is 0 Å². The molecule has 2 heteroatoms. The summed E-state index contributed by atoms with van der Waals surface area (Å²) in [5.74, 6) is 0.134. The average molecular weight is 240 g/mol. The Kier molecular flexibility index (Phi) is 7.94. The first-order valence-corrected chi connectivity index (χ1v) is 6.83. The lowest BCUT2D eigenvalue weighted by molar-refractivity contribution is -0.156. The molecule has 0 fully saturated rings. The van der Waals surface area contributed by atoms with E-state index in [0.29, 0.717) is 5.92 Å². The summed E-state index contributed by atoms with van der Waals surface area (Å²) in [6.07, 6.45) is 8.33. The zero-order valence-electron chi connectivity index (χ0n) is 11.9. The fourth-order valence-electron chi connectivity index (χ4n) is 2.21. The lowest BCUT2D eigenvalue weighted by Crippen LogP contribution is -2.36. The van der Waals surface area contributed by atoms with Crippen LogP contribution in [0.5, 0.6) is 0 Å². The molecule has 0 aliphatic heterocycles. The summed E-state index contributed by atoms with van der Waals surface area (Å²) in [5, 5.41) is 0. The Labute approximate surface area is 106 Å². The third-order valence-electron chi connectivity index (χ3n) is 3.31. The summed E-state index contributed by atoms with van der Waals surface area (Å²) < 4.78 is 5.48. The molecule has 0 N–H and O–H groups in total. The van der Waals surface area contributed by atoms with E-state index in [2.05, 4.69) is 20.4 Å². The number of carbonyl (C=O) groups is 1. The van der Waals surface area contributed by atoms with Crippen molar-refractivity contribution >= 4 is 5.97 Å². The Balaban J connectivity index is 4.41. The van der Waals surface area contributed by atoms with Crippen LogP contribution in [0.3, 0.4) is 0 Å². The molecule has 0 rings (SSSR count). The number of carbonyl (C=O) groups excluding carboxylic acids is 1. The van der Waals surface area contributed by atoms with Gasteiger partial charge in [0.15, 0.2) is 0 Å². The van der Waals surface area contributed by atoms with E-state index in [0.717, 1.165) is 19.3 Å². The maximum absolute atomic E-state index is 11.3. The molecule has 0 radical (unpaired) electrons. The van der Waals surface area contributed by atoms with Crippen LogP contribution >= 0.6 is 0 Å². The zero-order valence-corrected chi connectivity index (χ0v) is 11.9. The van der Waals surface area contributed by atoms with Gasteiger partial charge in [-0.2, -0.15) is 0 Å². The molecule has 0 aliphatic rings. The molecule has 0 amide bonds. The monoisotopic (exact) mass is 240 g/mol. The maximum atomic E-state index is 11.3. The van der Waals surface area contributed by atoms with Crippen molar-refractivity contribution in [2.45, 2.75) is 71.8 Å². The van der Waals surface area contributed by atoms with Gasteiger partial charge in [-0.25, -0.2) is 4.79 Å². The predicted molar refractivity (Wildman–Crippen MR) is 72.9 cm³/mol. The predicted octanol–water partition coefficient (Wildman–Crippen LogP) is 4.49. The van der Waals surface area contributed by atoms with Crippen molar-refractivity contribution in [3.63, 3.8) is 0 Å². The molecule has 0 aromatic rings. The molecule has 17 heavy (non-hydrogen) atoms. The normalized spacial score (nSPS) is 13.2. The molecule has 0 aromatic heterocycles. The first-order chi connectivity index (χ1) is 7.97. The summed E-state index contributed by atoms with van der Waals surface area (Å²) in [6.45, 7) is 11.9. The van der Waals surface area contributed by atoms with E-state index in [1.54, 1.807) is 0 Å². The summed E-state index contributed by atoms with van der Waals surface area (Å²) >= 11 is 0. The van der Waals surface area contributed by atoms with Gasteiger partial charge in [0.05, 0.1) is 0 Å². The van der Waals surface area contributed by atoms with Crippen molar-refractivity contribution in [2.24, 2.45) is 5.92 Å². The van der Waals surface area contributed by atoms with Crippen LogP contribution in [-0.2, 0) is 9.53 Å². The summed E-state index contributed by atoms with van der Waals surface area (Å²) in [5.41, 5.74) is -0.380. The molecule has 0 saturated heterocycles. The lowest BCUT2D eigenvalue weighted by Gasteiger charge is -2.34. The van der Waals surface area contributed by atoms with E-state index in [9.17, 15) is 4.79 Å². The highest BCUT2D eigenvalue weighted by atomic mass is 16.6. The van der Waals surface area contributed by atoms with Crippen molar-refractivity contribution in [2.75, 3.05) is 0 Å². The van der Waals surface area contributed by atoms with E-state index in [4.69, 9.17) is 4.74 Å². The summed E-state index contributed by atoms with van der Waals surface area (Å²) in [4.78, 5) is 11.3. The second-order valence-corrected chi connectivity index (χ2v) is 5.21. The highest BCUT2D eigenvalue weighted by Gasteiger charge is 2.31. The topological polar surface area (TPSA) is 26.3 Å². The Morgan fingerprint density at radius 1 is 1.24 bits per heavy atom. The molecule has 2 nitrogen and oxygen atoms in total. The van der Waals surface area contributed by atoms with Gasteiger partial charge in [-0.15, -0.1) is 0 Å². The van der Waals surface area contributed by atoms with Gasteiger partial charge in [0.25, 0.3) is 0 Å². The largest absolute Gasteiger partial charge is 0.456 e. The molecule has 0 aromatic carbocycles. The van der Waals surface area contributed by atoms with Gasteiger partial charge >= 0.3 is 5.97 Å². The van der Waals surface area contributed by atoms with E-state index in [1.165, 1.54) is 25.3 Å². The van der Waals surface area contributed by atoms with Gasteiger partial charge in [-0.3, -0.25) is 0 Å². The highest BCUT2D eigenvalue weighted by Crippen LogP contribution is 2.30. The zero-order chi connectivity index (χ0) is 13.3. The van der Waals surface area contributed by atoms with Crippen molar-refractivity contribution < 1.29 is 9.53 Å². The first kappa shape index (κ1) is 16.2. The Morgan fingerprint density at radius 3 is 2.35 bits per heavy atom. The minimum Gasteiger partial charge on any atom is -0.456 e. The molecule has 0 aliphatic carbocycles. The average Bonchev–Trinajstić information content (AvgIpc) is 2.27. The van der Waals surface area contributed by atoms with E-state index >= 15 is 0 Å². The molecule has 1 atom stereocenters. The van der Waals surface area contributed by atoms with Crippen molar-refractivity contribution in [1.29, 1.82) is 0 Å². The highest BCUT2D eigenvalue weighted by molar-refractivity contribution is 5.81. The Morgan fingerprint density at radius 2 is 1.88 bits per heavy atom. The van der Waals surface area contributed by atoms with Gasteiger partial charge in [-0.05, 0) is 32.6 Å². The smallest absolute Gasteiger partial charge is 0.330 e. The molecule has 100 valence electrons. The van der Waals surface area contributed by atoms with Crippen LogP contribution in [0.2, 0.25) is 0 Å². The number of hydrogen-bond donors (Lipinski definition) is 0. The number of hydrogen-bond acceptors (Lipinski definition) is 2. The Hall–Kier alpha value is -0.790. The molecular weight excluding hydrogens is 212 g/mol. The second kappa shape index (κ2) is 8.32. The number of esters is 1. The Bertz CT molecular complexity index is 231. The minimum absolute atomic E-state index is 0.313. The van der Waals surface area contributed by atoms with Crippen LogP contribution in [0.4, 0.5) is 0 Å². The van der Waals surface area contributed by atoms with E-state index in [-0.39, 0.29) is 11.6 Å². The second-order valence-electron chi connectivity index (χ2n) is 5.21. The molecule has 0 saturated carbocycles. The number of rotatable bonds is 9. The molecular formula is C15H28O2. The SMILES string of the molecule is C=CC(=O)OC(C)(C)C(CCC)CCCCC. The van der Waals surface area contributed by atoms with Crippen LogP contribution in [-0.4, -0.2) is 11.6 Å². The third kappa shape index (κ3) is 6.50. The van der Waals surface area contributed by atoms with Crippen molar-refractivity contribution in [1.82, 2.24) is 0 Å². The lowest BCUT2D eigenvalue weighted by atomic mass is 9.83. The van der Waals surface area contributed by atoms with Crippen molar-refractivity contribution in [3.8, 4) is 0 Å². The number of unbranched alkanes of at least 4 members (excludes halogenated alkanes) is 2. The van der Waals surface area contributed by atoms with Gasteiger partial charge in [0.1, 0.15) is 5.60 Å². The van der Waals surface area contributed by atoms with Gasteiger partial charge < -0.3 is 4.74 Å². The number of ether oxygens (including phenoxy) is 1.